The van der Waals surface area contributed by atoms with Crippen LogP contribution in [0.25, 0.3) is 0 Å². The Morgan fingerprint density at radius 3 is 2.67 bits per heavy atom. The first-order valence-corrected chi connectivity index (χ1v) is 8.21. The third-order valence-corrected chi connectivity index (χ3v) is 4.86. The van der Waals surface area contributed by atoms with E-state index >= 15 is 0 Å². The molecule has 0 spiro atoms. The molecule has 2 rings (SSSR count). The van der Waals surface area contributed by atoms with Crippen LogP contribution in [0.1, 0.15) is 18.4 Å². The van der Waals surface area contributed by atoms with Crippen LogP contribution >= 0.6 is 0 Å². The minimum atomic E-state index is -3.79. The van der Waals surface area contributed by atoms with Gasteiger partial charge in [-0.1, -0.05) is 17.7 Å². The zero-order valence-corrected chi connectivity index (χ0v) is 12.7. The van der Waals surface area contributed by atoms with Gasteiger partial charge in [0.15, 0.2) is 0 Å². The van der Waals surface area contributed by atoms with Crippen LogP contribution < -0.4 is 0 Å². The van der Waals surface area contributed by atoms with Crippen LogP contribution in [0.15, 0.2) is 29.2 Å². The molecule has 1 N–H and O–H groups in total. The minimum absolute atomic E-state index is 0.0104. The van der Waals surface area contributed by atoms with E-state index in [0.717, 1.165) is 18.4 Å². The molecule has 6 nitrogen and oxygen atoms in total. The van der Waals surface area contributed by atoms with E-state index in [1.54, 1.807) is 17.0 Å². The highest BCUT2D eigenvalue weighted by Gasteiger charge is 2.28. The van der Waals surface area contributed by atoms with Crippen molar-refractivity contribution in [3.63, 3.8) is 0 Å². The van der Waals surface area contributed by atoms with E-state index in [-0.39, 0.29) is 24.1 Å². The molecule has 1 atom stereocenters. The van der Waals surface area contributed by atoms with Gasteiger partial charge in [-0.3, -0.25) is 13.9 Å². The van der Waals surface area contributed by atoms with Crippen molar-refractivity contribution in [3.8, 4) is 0 Å². The fourth-order valence-electron chi connectivity index (χ4n) is 2.41. The molecule has 1 aromatic rings. The number of rotatable bonds is 6. The summed E-state index contributed by atoms with van der Waals surface area (Å²) < 4.78 is 29.2. The summed E-state index contributed by atoms with van der Waals surface area (Å²) in [5, 5.41) is 8.82. The van der Waals surface area contributed by atoms with E-state index in [2.05, 4.69) is 0 Å². The van der Waals surface area contributed by atoms with Gasteiger partial charge in [0.1, 0.15) is 0 Å². The number of carboxylic acid groups (broad SMARTS) is 1. The molecule has 1 saturated heterocycles. The van der Waals surface area contributed by atoms with Crippen LogP contribution in [0.3, 0.4) is 0 Å². The standard InChI is InChI=1S/C14H19NO5S/c1-11-4-6-13(7-5-11)21(18,19)20-10-12-3-2-8-15(12)9-14(16)17/h4-7,12H,2-3,8-10H2,1H3,(H,16,17). The van der Waals surface area contributed by atoms with Gasteiger partial charge in [-0.05, 0) is 38.4 Å². The molecule has 0 amide bonds. The maximum Gasteiger partial charge on any atom is 0.317 e. The van der Waals surface area contributed by atoms with Crippen molar-refractivity contribution in [2.45, 2.75) is 30.7 Å². The molecule has 0 saturated carbocycles. The summed E-state index contributed by atoms with van der Waals surface area (Å²) >= 11 is 0. The van der Waals surface area contributed by atoms with Gasteiger partial charge >= 0.3 is 5.97 Å². The number of likely N-dealkylation sites (tertiary alicyclic amines) is 1. The van der Waals surface area contributed by atoms with Crippen molar-refractivity contribution >= 4 is 16.1 Å². The average molecular weight is 313 g/mol. The normalized spacial score (nSPS) is 19.8. The fourth-order valence-corrected chi connectivity index (χ4v) is 3.35. The third kappa shape index (κ3) is 4.26. The Labute approximate surface area is 124 Å². The lowest BCUT2D eigenvalue weighted by molar-refractivity contribution is -0.138. The summed E-state index contributed by atoms with van der Waals surface area (Å²) in [5.41, 5.74) is 0.970. The Kier molecular flexibility index (Phi) is 4.97. The predicted octanol–water partition coefficient (Wildman–Crippen LogP) is 1.25. The molecule has 1 aliphatic rings. The molecule has 21 heavy (non-hydrogen) atoms. The highest BCUT2D eigenvalue weighted by atomic mass is 32.2. The fraction of sp³-hybridized carbons (Fsp3) is 0.500. The molecular formula is C14H19NO5S. The van der Waals surface area contributed by atoms with Gasteiger partial charge in [-0.15, -0.1) is 0 Å². The first kappa shape index (κ1) is 15.9. The molecule has 0 aliphatic carbocycles. The summed E-state index contributed by atoms with van der Waals surface area (Å²) in [6, 6.07) is 6.27. The van der Waals surface area contributed by atoms with Crippen molar-refractivity contribution in [3.05, 3.63) is 29.8 Å². The van der Waals surface area contributed by atoms with Crippen LogP contribution in [0.5, 0.6) is 0 Å². The molecule has 0 bridgehead atoms. The zero-order chi connectivity index (χ0) is 15.5. The van der Waals surface area contributed by atoms with Gasteiger partial charge in [-0.25, -0.2) is 0 Å². The van der Waals surface area contributed by atoms with Gasteiger partial charge in [0.05, 0.1) is 18.0 Å². The SMILES string of the molecule is Cc1ccc(S(=O)(=O)OCC2CCCN2CC(=O)O)cc1. The summed E-state index contributed by atoms with van der Waals surface area (Å²) in [4.78, 5) is 12.6. The van der Waals surface area contributed by atoms with Gasteiger partial charge in [0, 0.05) is 6.04 Å². The Morgan fingerprint density at radius 1 is 1.38 bits per heavy atom. The maximum atomic E-state index is 12.1. The first-order valence-electron chi connectivity index (χ1n) is 6.80. The van der Waals surface area contributed by atoms with Crippen molar-refractivity contribution < 1.29 is 22.5 Å². The van der Waals surface area contributed by atoms with E-state index < -0.39 is 16.1 Å². The average Bonchev–Trinajstić information content (AvgIpc) is 2.83. The van der Waals surface area contributed by atoms with E-state index in [0.29, 0.717) is 6.54 Å². The van der Waals surface area contributed by atoms with Crippen LogP contribution in [0.2, 0.25) is 0 Å². The largest absolute Gasteiger partial charge is 0.480 e. The lowest BCUT2D eigenvalue weighted by atomic mass is 10.2. The highest BCUT2D eigenvalue weighted by Crippen LogP contribution is 2.20. The van der Waals surface area contributed by atoms with Gasteiger partial charge in [-0.2, -0.15) is 8.42 Å². The second-order valence-corrected chi connectivity index (χ2v) is 6.83. The topological polar surface area (TPSA) is 83.9 Å². The monoisotopic (exact) mass is 313 g/mol. The number of hydrogen-bond donors (Lipinski definition) is 1. The zero-order valence-electron chi connectivity index (χ0n) is 11.9. The second kappa shape index (κ2) is 6.55. The molecule has 0 radical (unpaired) electrons. The molecule has 7 heteroatoms. The molecule has 1 unspecified atom stereocenters. The van der Waals surface area contributed by atoms with Crippen molar-refractivity contribution in [1.29, 1.82) is 0 Å². The second-order valence-electron chi connectivity index (χ2n) is 5.21. The number of carboxylic acids is 1. The smallest absolute Gasteiger partial charge is 0.317 e. The lowest BCUT2D eigenvalue weighted by Crippen LogP contribution is -2.37. The van der Waals surface area contributed by atoms with E-state index in [4.69, 9.17) is 9.29 Å². The highest BCUT2D eigenvalue weighted by molar-refractivity contribution is 7.86. The number of aliphatic carboxylic acids is 1. The lowest BCUT2D eigenvalue weighted by Gasteiger charge is -2.21. The molecule has 0 aromatic heterocycles. The van der Waals surface area contributed by atoms with Gasteiger partial charge in [0.2, 0.25) is 0 Å². The Bertz CT molecular complexity index is 596. The predicted molar refractivity (Wildman–Crippen MR) is 76.5 cm³/mol. The van der Waals surface area contributed by atoms with Crippen LogP contribution in [-0.4, -0.2) is 50.1 Å². The summed E-state index contributed by atoms with van der Waals surface area (Å²) in [7, 11) is -3.79. The molecule has 116 valence electrons. The maximum absolute atomic E-state index is 12.1. The van der Waals surface area contributed by atoms with Gasteiger partial charge in [0.25, 0.3) is 10.1 Å². The summed E-state index contributed by atoms with van der Waals surface area (Å²) in [6.45, 7) is 2.44. The molecule has 1 heterocycles. The Balaban J connectivity index is 1.98. The molecular weight excluding hydrogens is 294 g/mol. The number of nitrogens with zero attached hydrogens (tertiary/aromatic N) is 1. The molecule has 1 fully saturated rings. The van der Waals surface area contributed by atoms with E-state index in [1.165, 1.54) is 12.1 Å². The number of benzene rings is 1. The van der Waals surface area contributed by atoms with Crippen molar-refractivity contribution in [1.82, 2.24) is 4.90 Å². The number of aryl methyl sites for hydroxylation is 1. The summed E-state index contributed by atoms with van der Waals surface area (Å²) in [5.74, 6) is -0.914. The number of hydrogen-bond acceptors (Lipinski definition) is 5. The van der Waals surface area contributed by atoms with Crippen molar-refractivity contribution in [2.24, 2.45) is 0 Å². The number of carbonyl (C=O) groups is 1. The van der Waals surface area contributed by atoms with Crippen LogP contribution in [0.4, 0.5) is 0 Å². The molecule has 1 aromatic carbocycles. The van der Waals surface area contributed by atoms with Crippen molar-refractivity contribution in [2.75, 3.05) is 19.7 Å². The summed E-state index contributed by atoms with van der Waals surface area (Å²) in [6.07, 6.45) is 1.60. The minimum Gasteiger partial charge on any atom is -0.480 e. The quantitative estimate of drug-likeness (QED) is 0.796. The van der Waals surface area contributed by atoms with Crippen LogP contribution in [0, 0.1) is 6.92 Å². The molecule has 1 aliphatic heterocycles. The Hall–Kier alpha value is -1.44. The van der Waals surface area contributed by atoms with E-state index in [9.17, 15) is 13.2 Å². The van der Waals surface area contributed by atoms with Gasteiger partial charge < -0.3 is 5.11 Å². The van der Waals surface area contributed by atoms with Crippen LogP contribution in [-0.2, 0) is 19.1 Å². The van der Waals surface area contributed by atoms with E-state index in [1.807, 2.05) is 6.92 Å². The third-order valence-electron chi connectivity index (χ3n) is 3.56. The Morgan fingerprint density at radius 2 is 2.05 bits per heavy atom. The first-order chi connectivity index (χ1) is 9.88.